The van der Waals surface area contributed by atoms with Crippen LogP contribution < -0.4 is 5.32 Å². The SMILES string of the molecule is CCCNC(CC(C)C)C1C2CCCCC21. The lowest BCUT2D eigenvalue weighted by molar-refractivity contribution is 0.362. The summed E-state index contributed by atoms with van der Waals surface area (Å²) in [7, 11) is 0. The molecule has 0 spiro atoms. The Bertz CT molecular complexity index is 199. The van der Waals surface area contributed by atoms with Gasteiger partial charge in [0.05, 0.1) is 0 Å². The van der Waals surface area contributed by atoms with Crippen LogP contribution in [0.4, 0.5) is 0 Å². The van der Waals surface area contributed by atoms with Crippen LogP contribution in [0.25, 0.3) is 0 Å². The van der Waals surface area contributed by atoms with Crippen molar-refractivity contribution in [2.75, 3.05) is 6.54 Å². The minimum Gasteiger partial charge on any atom is -0.314 e. The van der Waals surface area contributed by atoms with E-state index in [1.165, 1.54) is 45.1 Å². The fourth-order valence-electron chi connectivity index (χ4n) is 3.86. The van der Waals surface area contributed by atoms with Gasteiger partial charge in [0.25, 0.3) is 0 Å². The summed E-state index contributed by atoms with van der Waals surface area (Å²) in [5.74, 6) is 4.08. The maximum absolute atomic E-state index is 3.82. The van der Waals surface area contributed by atoms with Crippen molar-refractivity contribution in [1.82, 2.24) is 5.32 Å². The van der Waals surface area contributed by atoms with Crippen molar-refractivity contribution in [3.05, 3.63) is 0 Å². The average Bonchev–Trinajstić information content (AvgIpc) is 2.98. The van der Waals surface area contributed by atoms with Crippen LogP contribution in [0.15, 0.2) is 0 Å². The van der Waals surface area contributed by atoms with E-state index in [0.717, 1.165) is 29.7 Å². The number of nitrogens with one attached hydrogen (secondary N) is 1. The first-order chi connectivity index (χ1) is 7.74. The van der Waals surface area contributed by atoms with Gasteiger partial charge in [-0.1, -0.05) is 33.6 Å². The zero-order valence-corrected chi connectivity index (χ0v) is 11.3. The maximum Gasteiger partial charge on any atom is 0.0103 e. The molecule has 3 unspecified atom stereocenters. The Kier molecular flexibility index (Phi) is 4.29. The van der Waals surface area contributed by atoms with Gasteiger partial charge in [-0.3, -0.25) is 0 Å². The van der Waals surface area contributed by atoms with Gasteiger partial charge in [-0.2, -0.15) is 0 Å². The van der Waals surface area contributed by atoms with E-state index in [1.807, 2.05) is 0 Å². The van der Waals surface area contributed by atoms with E-state index >= 15 is 0 Å². The van der Waals surface area contributed by atoms with E-state index in [0.29, 0.717) is 0 Å². The molecular formula is C15H29N. The van der Waals surface area contributed by atoms with Crippen molar-refractivity contribution in [2.24, 2.45) is 23.7 Å². The summed E-state index contributed by atoms with van der Waals surface area (Å²) in [5.41, 5.74) is 0. The molecule has 0 heterocycles. The van der Waals surface area contributed by atoms with Crippen LogP contribution >= 0.6 is 0 Å². The summed E-state index contributed by atoms with van der Waals surface area (Å²) < 4.78 is 0. The van der Waals surface area contributed by atoms with Crippen molar-refractivity contribution in [3.63, 3.8) is 0 Å². The van der Waals surface area contributed by atoms with Crippen molar-refractivity contribution in [3.8, 4) is 0 Å². The molecular weight excluding hydrogens is 194 g/mol. The molecule has 0 aromatic carbocycles. The highest BCUT2D eigenvalue weighted by Crippen LogP contribution is 2.57. The fourth-order valence-corrected chi connectivity index (χ4v) is 3.86. The first-order valence-electron chi connectivity index (χ1n) is 7.47. The Morgan fingerprint density at radius 1 is 1.12 bits per heavy atom. The highest BCUT2D eigenvalue weighted by atomic mass is 14.9. The lowest BCUT2D eigenvalue weighted by Crippen LogP contribution is -2.34. The van der Waals surface area contributed by atoms with Gasteiger partial charge >= 0.3 is 0 Å². The molecule has 94 valence electrons. The van der Waals surface area contributed by atoms with Crippen LogP contribution in [0.3, 0.4) is 0 Å². The number of hydrogen-bond acceptors (Lipinski definition) is 1. The standard InChI is InChI=1S/C15H29N/c1-4-9-16-14(10-11(2)3)15-12-7-5-6-8-13(12)15/h11-16H,4-10H2,1-3H3. The molecule has 0 bridgehead atoms. The first kappa shape index (κ1) is 12.4. The second-order valence-corrected chi connectivity index (χ2v) is 6.38. The molecule has 1 nitrogen and oxygen atoms in total. The molecule has 0 aromatic rings. The lowest BCUT2D eigenvalue weighted by atomic mass is 9.97. The quantitative estimate of drug-likeness (QED) is 0.721. The summed E-state index contributed by atoms with van der Waals surface area (Å²) in [6, 6.07) is 0.827. The molecule has 0 aliphatic heterocycles. The van der Waals surface area contributed by atoms with Crippen molar-refractivity contribution < 1.29 is 0 Å². The van der Waals surface area contributed by atoms with E-state index in [4.69, 9.17) is 0 Å². The first-order valence-corrected chi connectivity index (χ1v) is 7.47. The Morgan fingerprint density at radius 2 is 1.75 bits per heavy atom. The molecule has 0 radical (unpaired) electrons. The van der Waals surface area contributed by atoms with Gasteiger partial charge in [0.2, 0.25) is 0 Å². The summed E-state index contributed by atoms with van der Waals surface area (Å²) >= 11 is 0. The normalized spacial score (nSPS) is 34.9. The summed E-state index contributed by atoms with van der Waals surface area (Å²) in [6.07, 6.45) is 8.71. The van der Waals surface area contributed by atoms with E-state index in [2.05, 4.69) is 26.1 Å². The molecule has 0 aromatic heterocycles. The van der Waals surface area contributed by atoms with Gasteiger partial charge in [0.1, 0.15) is 0 Å². The average molecular weight is 223 g/mol. The maximum atomic E-state index is 3.82. The predicted octanol–water partition coefficient (Wildman–Crippen LogP) is 3.84. The lowest BCUT2D eigenvalue weighted by Gasteiger charge is -2.21. The van der Waals surface area contributed by atoms with Crippen molar-refractivity contribution >= 4 is 0 Å². The topological polar surface area (TPSA) is 12.0 Å². The van der Waals surface area contributed by atoms with Crippen LogP contribution in [-0.4, -0.2) is 12.6 Å². The molecule has 3 atom stereocenters. The number of hydrogen-bond donors (Lipinski definition) is 1. The Morgan fingerprint density at radius 3 is 2.25 bits per heavy atom. The number of rotatable bonds is 6. The monoisotopic (exact) mass is 223 g/mol. The Hall–Kier alpha value is -0.0400. The van der Waals surface area contributed by atoms with E-state index in [-0.39, 0.29) is 0 Å². The van der Waals surface area contributed by atoms with Gasteiger partial charge in [0.15, 0.2) is 0 Å². The van der Waals surface area contributed by atoms with E-state index in [1.54, 1.807) is 0 Å². The third-order valence-electron chi connectivity index (χ3n) is 4.57. The largest absolute Gasteiger partial charge is 0.314 e. The summed E-state index contributed by atoms with van der Waals surface area (Å²) in [6.45, 7) is 8.23. The van der Waals surface area contributed by atoms with Crippen LogP contribution in [0.2, 0.25) is 0 Å². The van der Waals surface area contributed by atoms with Crippen LogP contribution in [0, 0.1) is 23.7 Å². The molecule has 2 aliphatic rings. The minimum atomic E-state index is 0.827. The molecule has 2 rings (SSSR count). The van der Waals surface area contributed by atoms with Gasteiger partial charge in [-0.25, -0.2) is 0 Å². The van der Waals surface area contributed by atoms with E-state index < -0.39 is 0 Å². The molecule has 2 fully saturated rings. The predicted molar refractivity (Wildman–Crippen MR) is 70.5 cm³/mol. The molecule has 2 saturated carbocycles. The van der Waals surface area contributed by atoms with Gasteiger partial charge in [-0.15, -0.1) is 0 Å². The minimum absolute atomic E-state index is 0.827. The van der Waals surface area contributed by atoms with Gasteiger partial charge in [-0.05, 0) is 55.9 Å². The highest BCUT2D eigenvalue weighted by Gasteiger charge is 2.53. The Balaban J connectivity index is 1.86. The molecule has 1 heteroatoms. The number of fused-ring (bicyclic) bond motifs is 1. The molecule has 16 heavy (non-hydrogen) atoms. The second kappa shape index (κ2) is 5.53. The molecule has 0 amide bonds. The zero-order valence-electron chi connectivity index (χ0n) is 11.3. The van der Waals surface area contributed by atoms with Crippen molar-refractivity contribution in [1.29, 1.82) is 0 Å². The third kappa shape index (κ3) is 2.80. The summed E-state index contributed by atoms with van der Waals surface area (Å²) in [5, 5.41) is 3.82. The van der Waals surface area contributed by atoms with Gasteiger partial charge in [0, 0.05) is 6.04 Å². The van der Waals surface area contributed by atoms with Crippen LogP contribution in [-0.2, 0) is 0 Å². The second-order valence-electron chi connectivity index (χ2n) is 6.38. The van der Waals surface area contributed by atoms with Crippen molar-refractivity contribution in [2.45, 2.75) is 65.3 Å². The van der Waals surface area contributed by atoms with E-state index in [9.17, 15) is 0 Å². The highest BCUT2D eigenvalue weighted by molar-refractivity contribution is 5.04. The summed E-state index contributed by atoms with van der Waals surface area (Å²) in [4.78, 5) is 0. The van der Waals surface area contributed by atoms with Crippen LogP contribution in [0.5, 0.6) is 0 Å². The smallest absolute Gasteiger partial charge is 0.0103 e. The molecule has 1 N–H and O–H groups in total. The van der Waals surface area contributed by atoms with Gasteiger partial charge < -0.3 is 5.32 Å². The Labute approximate surface area is 101 Å². The third-order valence-corrected chi connectivity index (χ3v) is 4.57. The zero-order chi connectivity index (χ0) is 11.5. The van der Waals surface area contributed by atoms with Crippen LogP contribution in [0.1, 0.15) is 59.3 Å². The fraction of sp³-hybridized carbons (Fsp3) is 1.00. The molecule has 0 saturated heterocycles. The molecule has 2 aliphatic carbocycles.